The summed E-state index contributed by atoms with van der Waals surface area (Å²) in [5.41, 5.74) is 9.43. The van der Waals surface area contributed by atoms with Crippen LogP contribution in [0, 0.1) is 12.8 Å². The van der Waals surface area contributed by atoms with Crippen molar-refractivity contribution < 1.29 is 10.5 Å². The Labute approximate surface area is 144 Å². The molecule has 0 radical (unpaired) electrons. The Hall–Kier alpha value is -2.96. The lowest BCUT2D eigenvalue weighted by Gasteiger charge is -2.06. The normalized spacial score (nSPS) is 14.0. The van der Waals surface area contributed by atoms with Crippen molar-refractivity contribution in [1.29, 1.82) is 0 Å². The Bertz CT molecular complexity index is 945. The minimum absolute atomic E-state index is 0. The first-order chi connectivity index (χ1) is 11.6. The van der Waals surface area contributed by atoms with Gasteiger partial charge in [-0.05, 0) is 43.4 Å². The second kappa shape index (κ2) is 5.59. The molecule has 1 aromatic carbocycles. The summed E-state index contributed by atoms with van der Waals surface area (Å²) in [5.74, 6) is 1.12. The maximum absolute atomic E-state index is 12.2. The molecular weight excluding hydrogens is 304 g/mol. The number of aromatic amines is 1. The molecule has 7 nitrogen and oxygen atoms in total. The van der Waals surface area contributed by atoms with Crippen LogP contribution in [0.4, 0.5) is 5.82 Å². The molecule has 4 rings (SSSR count). The second-order valence-corrected chi connectivity index (χ2v) is 6.25. The third-order valence-corrected chi connectivity index (χ3v) is 4.14. The molecule has 0 saturated heterocycles. The zero-order chi connectivity index (χ0) is 16.7. The molecule has 7 heteroatoms. The van der Waals surface area contributed by atoms with E-state index in [1.54, 1.807) is 0 Å². The van der Waals surface area contributed by atoms with E-state index in [4.69, 9.17) is 5.73 Å². The van der Waals surface area contributed by atoms with E-state index in [1.165, 1.54) is 19.0 Å². The number of H-pyrrole nitrogens is 1. The van der Waals surface area contributed by atoms with E-state index in [0.29, 0.717) is 24.0 Å². The average molecular weight is 330 g/mol. The first-order valence-corrected chi connectivity index (χ1v) is 7.97. The molecule has 1 fully saturated rings. The van der Waals surface area contributed by atoms with E-state index < -0.39 is 0 Å². The van der Waals surface area contributed by atoms with Gasteiger partial charge in [-0.3, -0.25) is 4.79 Å². The molecule has 0 bridgehead atoms. The van der Waals surface area contributed by atoms with Crippen molar-refractivity contribution in [2.75, 3.05) is 12.3 Å². The van der Waals surface area contributed by atoms with Crippen molar-refractivity contribution in [3.05, 3.63) is 35.7 Å². The van der Waals surface area contributed by atoms with E-state index in [2.05, 4.69) is 25.3 Å². The van der Waals surface area contributed by atoms with Gasteiger partial charge in [-0.2, -0.15) is 0 Å². The first kappa shape index (κ1) is 14.6. The number of nitrogens with zero attached hydrogens (tertiary/aromatic N) is 3. The molecule has 3 aromatic rings. The maximum atomic E-state index is 12.2. The Morgan fingerprint density at radius 2 is 2.25 bits per heavy atom. The van der Waals surface area contributed by atoms with Crippen LogP contribution >= 0.6 is 0 Å². The number of anilines is 1. The van der Waals surface area contributed by atoms with Crippen molar-refractivity contribution >= 4 is 22.8 Å². The van der Waals surface area contributed by atoms with Gasteiger partial charge in [-0.1, -0.05) is 6.07 Å². The van der Waals surface area contributed by atoms with Gasteiger partial charge < -0.3 is 16.0 Å². The number of nitrogen functional groups attached to an aromatic ring is 1. The van der Waals surface area contributed by atoms with Gasteiger partial charge in [0.1, 0.15) is 11.4 Å². The lowest BCUT2D eigenvalue weighted by Crippen LogP contribution is -2.26. The smallest absolute Gasteiger partial charge is 0.271 e. The highest BCUT2D eigenvalue weighted by molar-refractivity contribution is 5.93. The van der Waals surface area contributed by atoms with Crippen LogP contribution in [0.2, 0.25) is 0 Å². The van der Waals surface area contributed by atoms with Crippen molar-refractivity contribution in [3.8, 4) is 11.5 Å². The molecule has 130 valence electrons. The minimum Gasteiger partial charge on any atom is -0.382 e. The number of rotatable bonds is 4. The number of amides is 1. The Balaban J connectivity index is 0.00000182. The molecule has 1 aliphatic rings. The van der Waals surface area contributed by atoms with Crippen LogP contribution in [0.25, 0.3) is 22.6 Å². The molecule has 0 atom stereocenters. The quantitative estimate of drug-likeness (QED) is 0.681. The third-order valence-electron chi connectivity index (χ3n) is 4.14. The predicted molar refractivity (Wildman–Crippen MR) is 99.8 cm³/mol. The van der Waals surface area contributed by atoms with Gasteiger partial charge in [0.2, 0.25) is 0 Å². The van der Waals surface area contributed by atoms with E-state index in [0.717, 1.165) is 16.6 Å². The fourth-order valence-corrected chi connectivity index (χ4v) is 2.57. The van der Waals surface area contributed by atoms with E-state index >= 15 is 0 Å². The third kappa shape index (κ3) is 2.80. The van der Waals surface area contributed by atoms with Gasteiger partial charge in [-0.25, -0.2) is 15.0 Å². The van der Waals surface area contributed by atoms with Crippen molar-refractivity contribution in [3.63, 3.8) is 0 Å². The molecule has 2 heterocycles. The number of nitrogens with two attached hydrogens (primary N) is 1. The summed E-state index contributed by atoms with van der Waals surface area (Å²) >= 11 is 0. The molecule has 0 spiro atoms. The molecule has 2 aromatic heterocycles. The lowest BCUT2D eigenvalue weighted by atomic mass is 10.2. The summed E-state index contributed by atoms with van der Waals surface area (Å²) in [5, 5.41) is 2.88. The van der Waals surface area contributed by atoms with Crippen molar-refractivity contribution in [2.24, 2.45) is 5.92 Å². The molecule has 1 saturated carbocycles. The number of hydrogen-bond acceptors (Lipinski definition) is 5. The number of nitrogens with one attached hydrogen (secondary N) is 2. The van der Waals surface area contributed by atoms with Gasteiger partial charge in [0.15, 0.2) is 11.6 Å². The van der Waals surface area contributed by atoms with Gasteiger partial charge >= 0.3 is 0 Å². The summed E-state index contributed by atoms with van der Waals surface area (Å²) in [7, 11) is 0. The first-order valence-electron chi connectivity index (χ1n) is 7.97. The highest BCUT2D eigenvalue weighted by Gasteiger charge is 2.23. The van der Waals surface area contributed by atoms with Crippen LogP contribution in [-0.4, -0.2) is 32.4 Å². The van der Waals surface area contributed by atoms with Crippen molar-refractivity contribution in [2.45, 2.75) is 19.8 Å². The van der Waals surface area contributed by atoms with Gasteiger partial charge in [-0.15, -0.1) is 0 Å². The van der Waals surface area contributed by atoms with E-state index in [9.17, 15) is 4.79 Å². The van der Waals surface area contributed by atoms with Gasteiger partial charge in [0, 0.05) is 12.3 Å². The SMILES string of the molecule is Cc1ccc2nc(-c3nc(C(=O)NCC4CC4)cnc3N)[nH]c2c1.[HH].[HH].[HH].[HH]. The molecule has 1 aliphatic carbocycles. The van der Waals surface area contributed by atoms with Crippen LogP contribution in [0.3, 0.4) is 0 Å². The summed E-state index contributed by atoms with van der Waals surface area (Å²) in [4.78, 5) is 28.4. The number of imidazole rings is 1. The predicted octanol–water partition coefficient (Wildman–Crippen LogP) is 3.03. The highest BCUT2D eigenvalue weighted by Crippen LogP contribution is 2.27. The number of carbonyl (C=O) groups excluding carboxylic acids is 1. The second-order valence-electron chi connectivity index (χ2n) is 6.25. The summed E-state index contributed by atoms with van der Waals surface area (Å²) in [6.07, 6.45) is 3.75. The van der Waals surface area contributed by atoms with Crippen LogP contribution < -0.4 is 11.1 Å². The summed E-state index contributed by atoms with van der Waals surface area (Å²) in [6.45, 7) is 2.70. The zero-order valence-corrected chi connectivity index (χ0v) is 13.3. The number of benzene rings is 1. The number of aromatic nitrogens is 4. The van der Waals surface area contributed by atoms with E-state index in [-0.39, 0.29) is 23.1 Å². The molecule has 0 aliphatic heterocycles. The maximum Gasteiger partial charge on any atom is 0.271 e. The Kier molecular flexibility index (Phi) is 3.41. The van der Waals surface area contributed by atoms with Crippen LogP contribution in [0.5, 0.6) is 0 Å². The number of carbonyl (C=O) groups is 1. The molecule has 4 N–H and O–H groups in total. The van der Waals surface area contributed by atoms with Gasteiger partial charge in [0.05, 0.1) is 17.2 Å². The summed E-state index contributed by atoms with van der Waals surface area (Å²) < 4.78 is 0. The largest absolute Gasteiger partial charge is 0.382 e. The van der Waals surface area contributed by atoms with Crippen molar-refractivity contribution in [1.82, 2.24) is 25.3 Å². The molecular formula is C17H26N6O. The molecule has 0 unspecified atom stereocenters. The fraction of sp³-hybridized carbons (Fsp3) is 0.294. The van der Waals surface area contributed by atoms with E-state index in [1.807, 2.05) is 25.1 Å². The molecule has 1 amide bonds. The standard InChI is InChI=1S/C17H18N6O.4H2/c1-9-2-5-11-12(6-9)23-16(22-11)14-15(18)19-8-13(21-14)17(24)20-7-10-3-4-10;;;;/h2,5-6,8,10H,3-4,7H2,1H3,(H2,18,19)(H,20,24)(H,22,23);4*1H. The fourth-order valence-electron chi connectivity index (χ4n) is 2.57. The average Bonchev–Trinajstić information content (AvgIpc) is 3.31. The van der Waals surface area contributed by atoms with Gasteiger partial charge in [0.25, 0.3) is 5.91 Å². The van der Waals surface area contributed by atoms with Crippen LogP contribution in [0.15, 0.2) is 24.4 Å². The Morgan fingerprint density at radius 3 is 3.04 bits per heavy atom. The molecule has 24 heavy (non-hydrogen) atoms. The zero-order valence-electron chi connectivity index (χ0n) is 13.3. The number of fused-ring (bicyclic) bond motifs is 1. The number of aryl methyl sites for hydroxylation is 1. The van der Waals surface area contributed by atoms with Crippen LogP contribution in [0.1, 0.15) is 34.6 Å². The number of hydrogen-bond donors (Lipinski definition) is 3. The topological polar surface area (TPSA) is 110 Å². The highest BCUT2D eigenvalue weighted by atomic mass is 16.1. The summed E-state index contributed by atoms with van der Waals surface area (Å²) in [6, 6.07) is 5.92. The van der Waals surface area contributed by atoms with Crippen LogP contribution in [-0.2, 0) is 0 Å². The Morgan fingerprint density at radius 1 is 1.42 bits per heavy atom. The minimum atomic E-state index is -0.234. The lowest BCUT2D eigenvalue weighted by molar-refractivity contribution is 0.0946. The monoisotopic (exact) mass is 330 g/mol.